The van der Waals surface area contributed by atoms with Gasteiger partial charge in [-0.15, -0.1) is 0 Å². The molecule has 17 heavy (non-hydrogen) atoms. The lowest BCUT2D eigenvalue weighted by Gasteiger charge is -2.06. The van der Waals surface area contributed by atoms with Gasteiger partial charge in [0, 0.05) is 18.1 Å². The molecule has 2 nitrogen and oxygen atoms in total. The van der Waals surface area contributed by atoms with E-state index in [1.54, 1.807) is 6.07 Å². The highest BCUT2D eigenvalue weighted by atomic mass is 35.5. The van der Waals surface area contributed by atoms with E-state index in [9.17, 15) is 4.39 Å². The minimum absolute atomic E-state index is 0.320. The summed E-state index contributed by atoms with van der Waals surface area (Å²) in [4.78, 5) is 3.96. The van der Waals surface area contributed by atoms with Crippen LogP contribution in [0.25, 0.3) is 0 Å². The van der Waals surface area contributed by atoms with Gasteiger partial charge in [0.2, 0.25) is 0 Å². The van der Waals surface area contributed by atoms with Gasteiger partial charge in [0.25, 0.3) is 0 Å². The lowest BCUT2D eigenvalue weighted by atomic mass is 10.2. The summed E-state index contributed by atoms with van der Waals surface area (Å²) in [5, 5.41) is 3.95. The summed E-state index contributed by atoms with van der Waals surface area (Å²) in [6, 6.07) is 10.7. The van der Waals surface area contributed by atoms with Crippen LogP contribution >= 0.6 is 11.6 Å². The molecule has 0 fully saturated rings. The van der Waals surface area contributed by atoms with Crippen LogP contribution in [0.5, 0.6) is 0 Å². The number of halogens is 2. The van der Waals surface area contributed by atoms with Crippen molar-refractivity contribution in [3.8, 4) is 0 Å². The fourth-order valence-corrected chi connectivity index (χ4v) is 1.68. The second kappa shape index (κ2) is 5.75. The number of nitrogens with one attached hydrogen (secondary N) is 1. The van der Waals surface area contributed by atoms with Crippen LogP contribution in [0, 0.1) is 5.82 Å². The quantitative estimate of drug-likeness (QED) is 0.902. The van der Waals surface area contributed by atoms with E-state index in [-0.39, 0.29) is 5.82 Å². The molecule has 1 heterocycles. The fourth-order valence-electron chi connectivity index (χ4n) is 1.48. The summed E-state index contributed by atoms with van der Waals surface area (Å²) in [5.74, 6) is -0.320. The molecule has 2 rings (SSSR count). The SMILES string of the molecule is Fc1ccc(CNCc2ccccc2Cl)nc1. The molecule has 1 aromatic carbocycles. The molecule has 0 saturated carbocycles. The van der Waals surface area contributed by atoms with E-state index in [2.05, 4.69) is 10.3 Å². The predicted molar refractivity (Wildman–Crippen MR) is 66.2 cm³/mol. The van der Waals surface area contributed by atoms with E-state index in [1.165, 1.54) is 12.3 Å². The third-order valence-corrected chi connectivity index (χ3v) is 2.74. The molecule has 0 bridgehead atoms. The minimum atomic E-state index is -0.320. The first-order valence-corrected chi connectivity index (χ1v) is 5.68. The Hall–Kier alpha value is -1.45. The third kappa shape index (κ3) is 3.51. The van der Waals surface area contributed by atoms with Gasteiger partial charge >= 0.3 is 0 Å². The van der Waals surface area contributed by atoms with E-state index in [0.717, 1.165) is 16.3 Å². The Kier molecular flexibility index (Phi) is 4.07. The summed E-state index contributed by atoms with van der Waals surface area (Å²) in [6.07, 6.45) is 1.21. The lowest BCUT2D eigenvalue weighted by molar-refractivity contribution is 0.614. The summed E-state index contributed by atoms with van der Waals surface area (Å²) < 4.78 is 12.6. The molecule has 88 valence electrons. The number of aromatic nitrogens is 1. The molecule has 1 aromatic heterocycles. The van der Waals surface area contributed by atoms with Gasteiger partial charge in [-0.25, -0.2) is 4.39 Å². The van der Waals surface area contributed by atoms with Gasteiger partial charge in [-0.05, 0) is 23.8 Å². The Balaban J connectivity index is 1.88. The van der Waals surface area contributed by atoms with Crippen molar-refractivity contribution >= 4 is 11.6 Å². The average molecular weight is 251 g/mol. The van der Waals surface area contributed by atoms with Crippen molar-refractivity contribution in [1.29, 1.82) is 0 Å². The van der Waals surface area contributed by atoms with Crippen LogP contribution in [0.4, 0.5) is 4.39 Å². The largest absolute Gasteiger partial charge is 0.307 e. The molecule has 1 N–H and O–H groups in total. The molecule has 4 heteroatoms. The first-order chi connectivity index (χ1) is 8.25. The van der Waals surface area contributed by atoms with Gasteiger partial charge in [-0.3, -0.25) is 4.98 Å². The van der Waals surface area contributed by atoms with Crippen LogP contribution in [0.15, 0.2) is 42.6 Å². The van der Waals surface area contributed by atoms with Crippen molar-refractivity contribution < 1.29 is 4.39 Å². The first-order valence-electron chi connectivity index (χ1n) is 5.30. The topological polar surface area (TPSA) is 24.9 Å². The van der Waals surface area contributed by atoms with Gasteiger partial charge in [-0.2, -0.15) is 0 Å². The van der Waals surface area contributed by atoms with E-state index < -0.39 is 0 Å². The van der Waals surface area contributed by atoms with Crippen LogP contribution in [0.1, 0.15) is 11.3 Å². The fraction of sp³-hybridized carbons (Fsp3) is 0.154. The Labute approximate surface area is 104 Å². The summed E-state index contributed by atoms with van der Waals surface area (Å²) in [5.41, 5.74) is 1.84. The molecule has 0 spiro atoms. The van der Waals surface area contributed by atoms with E-state index in [4.69, 9.17) is 11.6 Å². The van der Waals surface area contributed by atoms with Gasteiger partial charge < -0.3 is 5.32 Å². The van der Waals surface area contributed by atoms with Crippen LogP contribution in [-0.4, -0.2) is 4.98 Å². The van der Waals surface area contributed by atoms with Crippen molar-refractivity contribution in [2.45, 2.75) is 13.1 Å². The maximum Gasteiger partial charge on any atom is 0.141 e. The predicted octanol–water partition coefficient (Wildman–Crippen LogP) is 3.16. The maximum atomic E-state index is 12.6. The number of hydrogen-bond donors (Lipinski definition) is 1. The molecular weight excluding hydrogens is 239 g/mol. The standard InChI is InChI=1S/C13H12ClFN2/c14-13-4-2-1-3-10(13)7-16-9-12-6-5-11(15)8-17-12/h1-6,8,16H,7,9H2. The monoisotopic (exact) mass is 250 g/mol. The Morgan fingerprint density at radius 1 is 1.12 bits per heavy atom. The maximum absolute atomic E-state index is 12.6. The van der Waals surface area contributed by atoms with E-state index in [1.807, 2.05) is 24.3 Å². The van der Waals surface area contributed by atoms with Crippen LogP contribution in [0.2, 0.25) is 5.02 Å². The molecule has 0 aliphatic carbocycles. The number of pyridine rings is 1. The number of rotatable bonds is 4. The molecule has 0 amide bonds. The van der Waals surface area contributed by atoms with E-state index in [0.29, 0.717) is 13.1 Å². The number of hydrogen-bond acceptors (Lipinski definition) is 2. The number of benzene rings is 1. The molecule has 0 atom stereocenters. The molecular formula is C13H12ClFN2. The highest BCUT2D eigenvalue weighted by Crippen LogP contribution is 2.14. The van der Waals surface area contributed by atoms with Gasteiger partial charge in [-0.1, -0.05) is 29.8 Å². The number of nitrogens with zero attached hydrogens (tertiary/aromatic N) is 1. The van der Waals surface area contributed by atoms with Crippen molar-refractivity contribution in [3.63, 3.8) is 0 Å². The lowest BCUT2D eigenvalue weighted by Crippen LogP contribution is -2.13. The molecule has 0 aliphatic rings. The summed E-state index contributed by atoms with van der Waals surface area (Å²) in [7, 11) is 0. The molecule has 0 aliphatic heterocycles. The molecule has 0 saturated heterocycles. The second-order valence-electron chi connectivity index (χ2n) is 3.66. The van der Waals surface area contributed by atoms with Crippen LogP contribution < -0.4 is 5.32 Å². The first kappa shape index (κ1) is 12.0. The van der Waals surface area contributed by atoms with Gasteiger partial charge in [0.05, 0.1) is 11.9 Å². The van der Waals surface area contributed by atoms with Crippen molar-refractivity contribution in [2.75, 3.05) is 0 Å². The van der Waals surface area contributed by atoms with E-state index >= 15 is 0 Å². The second-order valence-corrected chi connectivity index (χ2v) is 4.07. The molecule has 2 aromatic rings. The molecule has 0 unspecified atom stereocenters. The van der Waals surface area contributed by atoms with Crippen molar-refractivity contribution in [2.24, 2.45) is 0 Å². The average Bonchev–Trinajstić information content (AvgIpc) is 2.34. The van der Waals surface area contributed by atoms with Crippen molar-refractivity contribution in [1.82, 2.24) is 10.3 Å². The smallest absolute Gasteiger partial charge is 0.141 e. The highest BCUT2D eigenvalue weighted by molar-refractivity contribution is 6.31. The normalized spacial score (nSPS) is 10.5. The summed E-state index contributed by atoms with van der Waals surface area (Å²) >= 11 is 6.02. The summed E-state index contributed by atoms with van der Waals surface area (Å²) in [6.45, 7) is 1.25. The highest BCUT2D eigenvalue weighted by Gasteiger charge is 1.99. The molecule has 0 radical (unpaired) electrons. The Morgan fingerprint density at radius 3 is 2.65 bits per heavy atom. The minimum Gasteiger partial charge on any atom is -0.307 e. The van der Waals surface area contributed by atoms with Crippen LogP contribution in [0.3, 0.4) is 0 Å². The Bertz CT molecular complexity index is 485. The zero-order valence-electron chi connectivity index (χ0n) is 9.16. The zero-order chi connectivity index (χ0) is 12.1. The Morgan fingerprint density at radius 2 is 1.94 bits per heavy atom. The van der Waals surface area contributed by atoms with Crippen molar-refractivity contribution in [3.05, 3.63) is 64.7 Å². The zero-order valence-corrected chi connectivity index (χ0v) is 9.91. The van der Waals surface area contributed by atoms with Gasteiger partial charge in [0.1, 0.15) is 5.82 Å². The van der Waals surface area contributed by atoms with Crippen LogP contribution in [-0.2, 0) is 13.1 Å². The third-order valence-electron chi connectivity index (χ3n) is 2.37. The van der Waals surface area contributed by atoms with Gasteiger partial charge in [0.15, 0.2) is 0 Å².